The lowest BCUT2D eigenvalue weighted by atomic mass is 9.94. The third-order valence-electron chi connectivity index (χ3n) is 4.95. The summed E-state index contributed by atoms with van der Waals surface area (Å²) in [5.74, 6) is 0.705. The Morgan fingerprint density at radius 2 is 1.96 bits per heavy atom. The number of aryl methyl sites for hydroxylation is 1. The van der Waals surface area contributed by atoms with Crippen LogP contribution in [0, 0.1) is 5.92 Å². The second-order valence-corrected chi connectivity index (χ2v) is 6.77. The van der Waals surface area contributed by atoms with E-state index in [9.17, 15) is 9.90 Å². The van der Waals surface area contributed by atoms with Gasteiger partial charge in [0.2, 0.25) is 0 Å². The molecule has 0 bridgehead atoms. The van der Waals surface area contributed by atoms with Crippen LogP contribution in [0.25, 0.3) is 0 Å². The van der Waals surface area contributed by atoms with E-state index in [2.05, 4.69) is 29.5 Å². The Balaban J connectivity index is 1.73. The molecule has 3 N–H and O–H groups in total. The zero-order chi connectivity index (χ0) is 17.4. The van der Waals surface area contributed by atoms with Gasteiger partial charge in [0.05, 0.1) is 12.6 Å². The zero-order valence-electron chi connectivity index (χ0n) is 14.9. The molecule has 1 heterocycles. The van der Waals surface area contributed by atoms with E-state index >= 15 is 0 Å². The molecule has 0 saturated carbocycles. The second kappa shape index (κ2) is 9.64. The van der Waals surface area contributed by atoms with Gasteiger partial charge in [-0.05, 0) is 62.9 Å². The van der Waals surface area contributed by atoms with E-state index in [0.29, 0.717) is 12.5 Å². The Bertz CT molecular complexity index is 496. The summed E-state index contributed by atoms with van der Waals surface area (Å²) >= 11 is 0. The summed E-state index contributed by atoms with van der Waals surface area (Å²) in [7, 11) is 2.16. The molecule has 5 nitrogen and oxygen atoms in total. The molecular weight excluding hydrogens is 302 g/mol. The molecule has 1 saturated heterocycles. The number of amides is 2. The number of nitrogens with zero attached hydrogens (tertiary/aromatic N) is 1. The van der Waals surface area contributed by atoms with Gasteiger partial charge in [0, 0.05) is 6.54 Å². The molecule has 134 valence electrons. The molecule has 1 aromatic carbocycles. The number of rotatable bonds is 7. The summed E-state index contributed by atoms with van der Waals surface area (Å²) in [6.45, 7) is 4.99. The highest BCUT2D eigenvalue weighted by Crippen LogP contribution is 2.18. The SMILES string of the molecule is CCc1ccc(C(CO)NC(=O)NCCC2CCN(C)CC2)cc1. The van der Waals surface area contributed by atoms with Crippen molar-refractivity contribution in [2.75, 3.05) is 33.3 Å². The number of piperidine rings is 1. The smallest absolute Gasteiger partial charge is 0.315 e. The molecule has 1 aliphatic rings. The average Bonchev–Trinajstić information content (AvgIpc) is 2.61. The minimum absolute atomic E-state index is 0.103. The second-order valence-electron chi connectivity index (χ2n) is 6.77. The topological polar surface area (TPSA) is 64.6 Å². The van der Waals surface area contributed by atoms with Gasteiger partial charge in [-0.15, -0.1) is 0 Å². The first-order valence-electron chi connectivity index (χ1n) is 9.05. The summed E-state index contributed by atoms with van der Waals surface area (Å²) in [4.78, 5) is 14.4. The van der Waals surface area contributed by atoms with Crippen molar-refractivity contribution in [1.29, 1.82) is 0 Å². The van der Waals surface area contributed by atoms with Crippen LogP contribution in [-0.4, -0.2) is 49.3 Å². The minimum atomic E-state index is -0.362. The Labute approximate surface area is 145 Å². The first kappa shape index (κ1) is 18.7. The van der Waals surface area contributed by atoms with Crippen molar-refractivity contribution in [3.8, 4) is 0 Å². The Morgan fingerprint density at radius 1 is 1.29 bits per heavy atom. The minimum Gasteiger partial charge on any atom is -0.394 e. The predicted molar refractivity (Wildman–Crippen MR) is 97.0 cm³/mol. The van der Waals surface area contributed by atoms with E-state index in [0.717, 1.165) is 31.5 Å². The molecule has 0 aromatic heterocycles. The highest BCUT2D eigenvalue weighted by atomic mass is 16.3. The normalized spacial score (nSPS) is 17.5. The van der Waals surface area contributed by atoms with Crippen molar-refractivity contribution in [2.24, 2.45) is 5.92 Å². The molecular formula is C19H31N3O2. The van der Waals surface area contributed by atoms with Crippen molar-refractivity contribution < 1.29 is 9.90 Å². The van der Waals surface area contributed by atoms with Crippen LogP contribution < -0.4 is 10.6 Å². The fourth-order valence-electron chi connectivity index (χ4n) is 3.17. The van der Waals surface area contributed by atoms with E-state index < -0.39 is 0 Å². The highest BCUT2D eigenvalue weighted by molar-refractivity contribution is 5.74. The molecule has 1 fully saturated rings. The quantitative estimate of drug-likeness (QED) is 0.717. The largest absolute Gasteiger partial charge is 0.394 e. The van der Waals surface area contributed by atoms with Crippen LogP contribution in [0.15, 0.2) is 24.3 Å². The fraction of sp³-hybridized carbons (Fsp3) is 0.632. The molecule has 0 radical (unpaired) electrons. The molecule has 1 atom stereocenters. The third-order valence-corrected chi connectivity index (χ3v) is 4.95. The standard InChI is InChI=1S/C19H31N3O2/c1-3-15-4-6-17(7-5-15)18(14-23)21-19(24)20-11-8-16-9-12-22(2)13-10-16/h4-7,16,18,23H,3,8-14H2,1-2H3,(H2,20,21,24). The maximum atomic E-state index is 12.1. The van der Waals surface area contributed by atoms with Crippen LogP contribution >= 0.6 is 0 Å². The van der Waals surface area contributed by atoms with Gasteiger partial charge in [-0.3, -0.25) is 0 Å². The molecule has 1 aromatic rings. The Hall–Kier alpha value is -1.59. The Kier molecular flexibility index (Phi) is 7.53. The molecule has 2 amide bonds. The van der Waals surface area contributed by atoms with Crippen molar-refractivity contribution in [3.05, 3.63) is 35.4 Å². The lowest BCUT2D eigenvalue weighted by molar-refractivity contribution is 0.205. The molecule has 2 rings (SSSR count). The number of hydrogen-bond acceptors (Lipinski definition) is 3. The van der Waals surface area contributed by atoms with Crippen LogP contribution in [0.3, 0.4) is 0 Å². The Morgan fingerprint density at radius 3 is 2.54 bits per heavy atom. The van der Waals surface area contributed by atoms with Crippen molar-refractivity contribution in [3.63, 3.8) is 0 Å². The van der Waals surface area contributed by atoms with Gasteiger partial charge in [-0.1, -0.05) is 31.2 Å². The lowest BCUT2D eigenvalue weighted by Crippen LogP contribution is -2.40. The summed E-state index contributed by atoms with van der Waals surface area (Å²) in [6.07, 6.45) is 4.43. The maximum Gasteiger partial charge on any atom is 0.315 e. The number of aliphatic hydroxyl groups is 1. The van der Waals surface area contributed by atoms with E-state index in [-0.39, 0.29) is 18.7 Å². The summed E-state index contributed by atoms with van der Waals surface area (Å²) in [6, 6.07) is 7.45. The highest BCUT2D eigenvalue weighted by Gasteiger charge is 2.17. The number of hydrogen-bond donors (Lipinski definition) is 3. The van der Waals surface area contributed by atoms with Gasteiger partial charge in [0.15, 0.2) is 0 Å². The maximum absolute atomic E-state index is 12.1. The van der Waals surface area contributed by atoms with Gasteiger partial charge >= 0.3 is 6.03 Å². The van der Waals surface area contributed by atoms with Gasteiger partial charge in [0.25, 0.3) is 0 Å². The third kappa shape index (κ3) is 5.80. The summed E-state index contributed by atoms with van der Waals surface area (Å²) in [5.41, 5.74) is 2.18. The number of carbonyl (C=O) groups is 1. The monoisotopic (exact) mass is 333 g/mol. The fourth-order valence-corrected chi connectivity index (χ4v) is 3.17. The van der Waals surface area contributed by atoms with Gasteiger partial charge in [0.1, 0.15) is 0 Å². The first-order chi connectivity index (χ1) is 11.6. The zero-order valence-corrected chi connectivity index (χ0v) is 14.9. The average molecular weight is 333 g/mol. The van der Waals surface area contributed by atoms with Crippen molar-refractivity contribution >= 4 is 6.03 Å². The van der Waals surface area contributed by atoms with Gasteiger partial charge in [-0.25, -0.2) is 4.79 Å². The van der Waals surface area contributed by atoms with Gasteiger partial charge < -0.3 is 20.6 Å². The molecule has 1 unspecified atom stereocenters. The van der Waals surface area contributed by atoms with E-state index in [4.69, 9.17) is 0 Å². The predicted octanol–water partition coefficient (Wildman–Crippen LogP) is 2.31. The molecule has 5 heteroatoms. The van der Waals surface area contributed by atoms with Crippen LogP contribution in [0.2, 0.25) is 0 Å². The van der Waals surface area contributed by atoms with Crippen molar-refractivity contribution in [1.82, 2.24) is 15.5 Å². The van der Waals surface area contributed by atoms with Crippen molar-refractivity contribution in [2.45, 2.75) is 38.6 Å². The number of benzene rings is 1. The van der Waals surface area contributed by atoms with Crippen LogP contribution in [0.4, 0.5) is 4.79 Å². The number of urea groups is 1. The summed E-state index contributed by atoms with van der Waals surface area (Å²) in [5, 5.41) is 15.3. The number of nitrogens with one attached hydrogen (secondary N) is 2. The van der Waals surface area contributed by atoms with Crippen LogP contribution in [0.5, 0.6) is 0 Å². The van der Waals surface area contributed by atoms with Crippen LogP contribution in [0.1, 0.15) is 43.4 Å². The number of carbonyl (C=O) groups excluding carboxylic acids is 1. The van der Waals surface area contributed by atoms with E-state index in [1.807, 2.05) is 24.3 Å². The molecule has 1 aliphatic heterocycles. The lowest BCUT2D eigenvalue weighted by Gasteiger charge is -2.29. The van der Waals surface area contributed by atoms with Gasteiger partial charge in [-0.2, -0.15) is 0 Å². The first-order valence-corrected chi connectivity index (χ1v) is 9.05. The van der Waals surface area contributed by atoms with E-state index in [1.165, 1.54) is 18.4 Å². The number of aliphatic hydroxyl groups excluding tert-OH is 1. The van der Waals surface area contributed by atoms with Crippen LogP contribution in [-0.2, 0) is 6.42 Å². The summed E-state index contributed by atoms with van der Waals surface area (Å²) < 4.78 is 0. The molecule has 0 aliphatic carbocycles. The molecule has 24 heavy (non-hydrogen) atoms. The number of likely N-dealkylation sites (tertiary alicyclic amines) is 1. The van der Waals surface area contributed by atoms with E-state index in [1.54, 1.807) is 0 Å². The molecule has 0 spiro atoms.